The number of furan rings is 1. The molecule has 0 bridgehead atoms. The zero-order valence-electron chi connectivity index (χ0n) is 14.7. The number of sulfonamides is 1. The third-order valence-corrected chi connectivity index (χ3v) is 6.52. The van der Waals surface area contributed by atoms with Crippen LogP contribution in [0.25, 0.3) is 11.0 Å². The fourth-order valence-electron chi connectivity index (χ4n) is 2.69. The van der Waals surface area contributed by atoms with E-state index >= 15 is 0 Å². The third kappa shape index (κ3) is 4.00. The standard InChI is InChI=1S/C18H14BrCl2NO5S/c1-3-26-18(23)16-9(2)27-17-12(16)7-11(8-13(17)19)22-28(24,25)15-6-10(20)4-5-14(15)21/h4-8,22H,3H2,1-2H3. The molecule has 10 heteroatoms. The van der Waals surface area contributed by atoms with Gasteiger partial charge in [-0.1, -0.05) is 23.2 Å². The van der Waals surface area contributed by atoms with Crippen LogP contribution in [0.15, 0.2) is 44.1 Å². The molecule has 1 aromatic heterocycles. The highest BCUT2D eigenvalue weighted by Crippen LogP contribution is 2.36. The SMILES string of the molecule is CCOC(=O)c1c(C)oc2c(Br)cc(NS(=O)(=O)c3cc(Cl)ccc3Cl)cc12. The van der Waals surface area contributed by atoms with E-state index in [0.717, 1.165) is 0 Å². The summed E-state index contributed by atoms with van der Waals surface area (Å²) in [5.41, 5.74) is 0.852. The lowest BCUT2D eigenvalue weighted by molar-refractivity contribution is 0.0526. The van der Waals surface area contributed by atoms with Gasteiger partial charge in [-0.3, -0.25) is 4.72 Å². The molecule has 0 fully saturated rings. The van der Waals surface area contributed by atoms with Crippen molar-refractivity contribution in [1.29, 1.82) is 0 Å². The van der Waals surface area contributed by atoms with E-state index in [1.54, 1.807) is 13.8 Å². The van der Waals surface area contributed by atoms with Crippen molar-refractivity contribution in [2.45, 2.75) is 18.7 Å². The molecule has 0 aliphatic heterocycles. The average molecular weight is 507 g/mol. The van der Waals surface area contributed by atoms with E-state index in [0.29, 0.717) is 21.2 Å². The van der Waals surface area contributed by atoms with Crippen molar-refractivity contribution in [3.63, 3.8) is 0 Å². The number of rotatable bonds is 5. The van der Waals surface area contributed by atoms with E-state index in [1.807, 2.05) is 0 Å². The minimum atomic E-state index is -4.02. The molecule has 0 atom stereocenters. The molecule has 0 aliphatic carbocycles. The van der Waals surface area contributed by atoms with Gasteiger partial charge in [-0.05, 0) is 60.1 Å². The number of ether oxygens (including phenoxy) is 1. The topological polar surface area (TPSA) is 85.6 Å². The summed E-state index contributed by atoms with van der Waals surface area (Å²) >= 11 is 15.3. The molecule has 148 valence electrons. The molecule has 0 radical (unpaired) electrons. The zero-order chi connectivity index (χ0) is 20.6. The Morgan fingerprint density at radius 1 is 1.25 bits per heavy atom. The zero-order valence-corrected chi connectivity index (χ0v) is 18.6. The summed E-state index contributed by atoms with van der Waals surface area (Å²) in [4.78, 5) is 12.1. The van der Waals surface area contributed by atoms with Gasteiger partial charge in [0.2, 0.25) is 0 Å². The number of carbonyl (C=O) groups is 1. The van der Waals surface area contributed by atoms with Crippen LogP contribution < -0.4 is 4.72 Å². The van der Waals surface area contributed by atoms with E-state index in [9.17, 15) is 13.2 Å². The first-order chi connectivity index (χ1) is 13.1. The number of halogens is 3. The van der Waals surface area contributed by atoms with E-state index in [4.69, 9.17) is 32.4 Å². The second kappa shape index (κ2) is 7.94. The van der Waals surface area contributed by atoms with Crippen LogP contribution in [0.5, 0.6) is 0 Å². The van der Waals surface area contributed by atoms with Crippen molar-refractivity contribution >= 4 is 71.8 Å². The second-order valence-electron chi connectivity index (χ2n) is 5.77. The van der Waals surface area contributed by atoms with Crippen LogP contribution in [0.4, 0.5) is 5.69 Å². The molecule has 0 unspecified atom stereocenters. The number of fused-ring (bicyclic) bond motifs is 1. The number of esters is 1. The molecule has 3 rings (SSSR count). The monoisotopic (exact) mass is 505 g/mol. The molecule has 1 N–H and O–H groups in total. The van der Waals surface area contributed by atoms with Crippen molar-refractivity contribution < 1.29 is 22.4 Å². The Labute approximate surface area is 179 Å². The summed E-state index contributed by atoms with van der Waals surface area (Å²) in [5.74, 6) is -0.185. The molecule has 6 nitrogen and oxygen atoms in total. The van der Waals surface area contributed by atoms with Gasteiger partial charge in [0, 0.05) is 10.4 Å². The van der Waals surface area contributed by atoms with Crippen LogP contribution in [0.1, 0.15) is 23.0 Å². The fourth-order valence-corrected chi connectivity index (χ4v) is 5.03. The molecular weight excluding hydrogens is 493 g/mol. The number of nitrogens with one attached hydrogen (secondary N) is 1. The quantitative estimate of drug-likeness (QED) is 0.442. The van der Waals surface area contributed by atoms with Crippen molar-refractivity contribution in [1.82, 2.24) is 0 Å². The predicted octanol–water partition coefficient (Wildman–Crippen LogP) is 5.79. The van der Waals surface area contributed by atoms with Crippen LogP contribution in [-0.4, -0.2) is 21.0 Å². The lowest BCUT2D eigenvalue weighted by Crippen LogP contribution is -2.13. The highest BCUT2D eigenvalue weighted by Gasteiger charge is 2.24. The maximum Gasteiger partial charge on any atom is 0.342 e. The minimum absolute atomic E-state index is 0.0309. The van der Waals surface area contributed by atoms with E-state index in [1.165, 1.54) is 30.3 Å². The third-order valence-electron chi connectivity index (χ3n) is 3.83. The molecular formula is C18H14BrCl2NO5S. The van der Waals surface area contributed by atoms with Gasteiger partial charge in [-0.25, -0.2) is 13.2 Å². The van der Waals surface area contributed by atoms with E-state index in [2.05, 4.69) is 20.7 Å². The summed E-state index contributed by atoms with van der Waals surface area (Å²) in [6.07, 6.45) is 0. The highest BCUT2D eigenvalue weighted by molar-refractivity contribution is 9.10. The van der Waals surface area contributed by atoms with Crippen LogP contribution in [-0.2, 0) is 14.8 Å². The molecule has 0 saturated carbocycles. The van der Waals surface area contributed by atoms with Crippen molar-refractivity contribution in [3.05, 3.63) is 56.2 Å². The van der Waals surface area contributed by atoms with Crippen molar-refractivity contribution in [2.24, 2.45) is 0 Å². The summed E-state index contributed by atoms with van der Waals surface area (Å²) in [5, 5.41) is 0.681. The average Bonchev–Trinajstić information content (AvgIpc) is 2.93. The Morgan fingerprint density at radius 2 is 1.96 bits per heavy atom. The molecule has 0 aliphatic rings. The minimum Gasteiger partial charge on any atom is -0.462 e. The first-order valence-corrected chi connectivity index (χ1v) is 11.0. The van der Waals surface area contributed by atoms with Gasteiger partial charge in [0.1, 0.15) is 21.8 Å². The van der Waals surface area contributed by atoms with Gasteiger partial charge in [-0.2, -0.15) is 0 Å². The molecule has 0 saturated heterocycles. The lowest BCUT2D eigenvalue weighted by atomic mass is 10.1. The maximum absolute atomic E-state index is 12.8. The number of carbonyl (C=O) groups excluding carboxylic acids is 1. The normalized spacial score (nSPS) is 11.6. The number of aryl methyl sites for hydroxylation is 1. The molecule has 1 heterocycles. The van der Waals surface area contributed by atoms with Crippen LogP contribution in [0, 0.1) is 6.92 Å². The Bertz CT molecular complexity index is 1190. The summed E-state index contributed by atoms with van der Waals surface area (Å²) in [6.45, 7) is 3.53. The van der Waals surface area contributed by atoms with Crippen LogP contribution in [0.3, 0.4) is 0 Å². The lowest BCUT2D eigenvalue weighted by Gasteiger charge is -2.11. The molecule has 2 aromatic carbocycles. The Balaban J connectivity index is 2.10. The molecule has 0 amide bonds. The summed E-state index contributed by atoms with van der Waals surface area (Å²) in [6, 6.07) is 7.17. The molecule has 3 aromatic rings. The summed E-state index contributed by atoms with van der Waals surface area (Å²) < 4.78 is 39.2. The van der Waals surface area contributed by atoms with Crippen molar-refractivity contribution in [3.8, 4) is 0 Å². The molecule has 28 heavy (non-hydrogen) atoms. The van der Waals surface area contributed by atoms with Gasteiger partial charge < -0.3 is 9.15 Å². The van der Waals surface area contributed by atoms with Gasteiger partial charge in [0.05, 0.1) is 21.8 Å². The largest absolute Gasteiger partial charge is 0.462 e. The number of hydrogen-bond acceptors (Lipinski definition) is 5. The smallest absolute Gasteiger partial charge is 0.342 e. The summed E-state index contributed by atoms with van der Waals surface area (Å²) in [7, 11) is -4.02. The Hall–Kier alpha value is -1.74. The molecule has 0 spiro atoms. The van der Waals surface area contributed by atoms with Gasteiger partial charge in [-0.15, -0.1) is 0 Å². The number of benzene rings is 2. The van der Waals surface area contributed by atoms with Crippen LogP contribution in [0.2, 0.25) is 10.0 Å². The van der Waals surface area contributed by atoms with E-state index < -0.39 is 16.0 Å². The second-order valence-corrected chi connectivity index (χ2v) is 9.12. The first kappa shape index (κ1) is 21.0. The number of hydrogen-bond donors (Lipinski definition) is 1. The predicted molar refractivity (Wildman–Crippen MR) is 112 cm³/mol. The van der Waals surface area contributed by atoms with Crippen LogP contribution >= 0.6 is 39.1 Å². The maximum atomic E-state index is 12.8. The van der Waals surface area contributed by atoms with Gasteiger partial charge >= 0.3 is 5.97 Å². The van der Waals surface area contributed by atoms with Gasteiger partial charge in [0.25, 0.3) is 10.0 Å². The Kier molecular flexibility index (Phi) is 5.95. The Morgan fingerprint density at radius 3 is 2.64 bits per heavy atom. The van der Waals surface area contributed by atoms with Gasteiger partial charge in [0.15, 0.2) is 0 Å². The fraction of sp³-hybridized carbons (Fsp3) is 0.167. The highest BCUT2D eigenvalue weighted by atomic mass is 79.9. The number of anilines is 1. The van der Waals surface area contributed by atoms with E-state index in [-0.39, 0.29) is 32.8 Å². The van der Waals surface area contributed by atoms with Crippen molar-refractivity contribution in [2.75, 3.05) is 11.3 Å². The first-order valence-electron chi connectivity index (χ1n) is 8.01.